The molecular weight excluding hydrogens is 394 g/mol. The van der Waals surface area contributed by atoms with Gasteiger partial charge < -0.3 is 10.1 Å². The van der Waals surface area contributed by atoms with Crippen LogP contribution in [0.2, 0.25) is 0 Å². The molecule has 0 aliphatic carbocycles. The highest BCUT2D eigenvalue weighted by molar-refractivity contribution is 9.11. The summed E-state index contributed by atoms with van der Waals surface area (Å²) in [7, 11) is 1.78. The van der Waals surface area contributed by atoms with Crippen molar-refractivity contribution in [3.8, 4) is 11.5 Å². The molecule has 0 unspecified atom stereocenters. The van der Waals surface area contributed by atoms with E-state index in [-0.39, 0.29) is 5.69 Å². The van der Waals surface area contributed by atoms with E-state index >= 15 is 0 Å². The number of nitro groups is 1. The Morgan fingerprint density at radius 1 is 1.25 bits per heavy atom. The Morgan fingerprint density at radius 3 is 2.45 bits per heavy atom. The average molecular weight is 403 g/mol. The molecule has 20 heavy (non-hydrogen) atoms. The number of non-ortho nitro benzene ring substituents is 1. The maximum Gasteiger partial charge on any atom is 0.271 e. The lowest BCUT2D eigenvalue weighted by Crippen LogP contribution is -1.94. The molecule has 8 heteroatoms. The number of anilines is 1. The minimum atomic E-state index is -0.470. The van der Waals surface area contributed by atoms with Crippen molar-refractivity contribution in [1.29, 1.82) is 0 Å². The molecule has 104 valence electrons. The molecule has 0 spiro atoms. The Kier molecular flexibility index (Phi) is 4.56. The summed E-state index contributed by atoms with van der Waals surface area (Å²) < 4.78 is 6.66. The lowest BCUT2D eigenvalue weighted by molar-refractivity contribution is -0.385. The SMILES string of the molecule is CNc1cncc(Oc2c(Br)cc([N+](=O)[O-])cc2Br)c1. The van der Waals surface area contributed by atoms with Gasteiger partial charge in [0.2, 0.25) is 0 Å². The summed E-state index contributed by atoms with van der Waals surface area (Å²) >= 11 is 6.53. The van der Waals surface area contributed by atoms with Crippen molar-refractivity contribution in [3.05, 3.63) is 49.7 Å². The molecule has 2 rings (SSSR count). The molecule has 0 aliphatic rings. The van der Waals surface area contributed by atoms with Crippen LogP contribution in [0.5, 0.6) is 11.5 Å². The van der Waals surface area contributed by atoms with E-state index in [0.29, 0.717) is 20.4 Å². The fraction of sp³-hybridized carbons (Fsp3) is 0.0833. The highest BCUT2D eigenvalue weighted by atomic mass is 79.9. The maximum atomic E-state index is 10.8. The van der Waals surface area contributed by atoms with Gasteiger partial charge >= 0.3 is 0 Å². The van der Waals surface area contributed by atoms with Gasteiger partial charge in [-0.2, -0.15) is 0 Å². The van der Waals surface area contributed by atoms with Gasteiger partial charge in [-0.1, -0.05) is 0 Å². The second-order valence-corrected chi connectivity index (χ2v) is 5.47. The maximum absolute atomic E-state index is 10.8. The van der Waals surface area contributed by atoms with Crippen molar-refractivity contribution < 1.29 is 9.66 Å². The molecule has 0 amide bonds. The summed E-state index contributed by atoms with van der Waals surface area (Å²) in [6.45, 7) is 0. The Bertz CT molecular complexity index is 641. The van der Waals surface area contributed by atoms with Crippen molar-refractivity contribution in [1.82, 2.24) is 4.98 Å². The number of hydrogen-bond acceptors (Lipinski definition) is 5. The van der Waals surface area contributed by atoms with Gasteiger partial charge in [0.05, 0.1) is 31.9 Å². The van der Waals surface area contributed by atoms with Crippen LogP contribution in [0.1, 0.15) is 0 Å². The molecule has 1 aromatic carbocycles. The minimum Gasteiger partial charge on any atom is -0.453 e. The normalized spacial score (nSPS) is 10.2. The van der Waals surface area contributed by atoms with Crippen LogP contribution < -0.4 is 10.1 Å². The summed E-state index contributed by atoms with van der Waals surface area (Å²) in [4.78, 5) is 14.3. The molecule has 1 N–H and O–H groups in total. The van der Waals surface area contributed by atoms with E-state index in [4.69, 9.17) is 4.74 Å². The lowest BCUT2D eigenvalue weighted by atomic mass is 10.3. The van der Waals surface area contributed by atoms with Gasteiger partial charge in [0.25, 0.3) is 5.69 Å². The molecule has 2 aromatic rings. The van der Waals surface area contributed by atoms with E-state index in [1.54, 1.807) is 25.5 Å². The van der Waals surface area contributed by atoms with Crippen LogP contribution in [0, 0.1) is 10.1 Å². The number of benzene rings is 1. The predicted octanol–water partition coefficient (Wildman–Crippen LogP) is 4.35. The number of hydrogen-bond donors (Lipinski definition) is 1. The van der Waals surface area contributed by atoms with Gasteiger partial charge in [0.1, 0.15) is 5.75 Å². The largest absolute Gasteiger partial charge is 0.453 e. The molecule has 0 radical (unpaired) electrons. The number of halogens is 2. The third-order valence-electron chi connectivity index (χ3n) is 2.42. The zero-order chi connectivity index (χ0) is 14.7. The summed E-state index contributed by atoms with van der Waals surface area (Å²) in [5.74, 6) is 0.970. The van der Waals surface area contributed by atoms with E-state index in [1.165, 1.54) is 12.1 Å². The third kappa shape index (κ3) is 3.26. The van der Waals surface area contributed by atoms with Crippen molar-refractivity contribution in [2.75, 3.05) is 12.4 Å². The molecule has 0 atom stereocenters. The first-order chi connectivity index (χ1) is 9.51. The fourth-order valence-corrected chi connectivity index (χ4v) is 2.80. The van der Waals surface area contributed by atoms with E-state index in [1.807, 2.05) is 0 Å². The number of nitro benzene ring substituents is 1. The smallest absolute Gasteiger partial charge is 0.271 e. The first-order valence-corrected chi connectivity index (χ1v) is 7.04. The molecule has 0 aliphatic heterocycles. The Hall–Kier alpha value is -1.67. The zero-order valence-corrected chi connectivity index (χ0v) is 13.4. The third-order valence-corrected chi connectivity index (χ3v) is 3.59. The van der Waals surface area contributed by atoms with Crippen molar-refractivity contribution in [2.24, 2.45) is 0 Å². The highest BCUT2D eigenvalue weighted by Crippen LogP contribution is 2.39. The molecule has 0 saturated heterocycles. The highest BCUT2D eigenvalue weighted by Gasteiger charge is 2.16. The van der Waals surface area contributed by atoms with E-state index in [2.05, 4.69) is 42.2 Å². The topological polar surface area (TPSA) is 77.3 Å². The monoisotopic (exact) mass is 401 g/mol. The first-order valence-electron chi connectivity index (χ1n) is 5.45. The van der Waals surface area contributed by atoms with E-state index < -0.39 is 4.92 Å². The van der Waals surface area contributed by atoms with Gasteiger partial charge in [-0.3, -0.25) is 15.1 Å². The van der Waals surface area contributed by atoms with E-state index in [0.717, 1.165) is 5.69 Å². The van der Waals surface area contributed by atoms with Crippen LogP contribution in [0.25, 0.3) is 0 Å². The molecule has 1 heterocycles. The molecule has 6 nitrogen and oxygen atoms in total. The summed E-state index contributed by atoms with van der Waals surface area (Å²) in [5, 5.41) is 13.7. The molecular formula is C12H9Br2N3O3. The molecule has 1 aromatic heterocycles. The number of pyridine rings is 1. The summed E-state index contributed by atoms with van der Waals surface area (Å²) in [6.07, 6.45) is 3.22. The number of aromatic nitrogens is 1. The van der Waals surface area contributed by atoms with Crippen LogP contribution >= 0.6 is 31.9 Å². The van der Waals surface area contributed by atoms with Crippen LogP contribution in [-0.4, -0.2) is 17.0 Å². The Balaban J connectivity index is 2.36. The van der Waals surface area contributed by atoms with Gasteiger partial charge in [-0.15, -0.1) is 0 Å². The van der Waals surface area contributed by atoms with Crippen LogP contribution in [-0.2, 0) is 0 Å². The van der Waals surface area contributed by atoms with Crippen LogP contribution in [0.15, 0.2) is 39.5 Å². The fourth-order valence-electron chi connectivity index (χ4n) is 1.48. The van der Waals surface area contributed by atoms with Crippen LogP contribution in [0.3, 0.4) is 0 Å². The zero-order valence-electron chi connectivity index (χ0n) is 10.3. The Labute approximate surface area is 131 Å². The summed E-state index contributed by atoms with van der Waals surface area (Å²) in [6, 6.07) is 4.54. The van der Waals surface area contributed by atoms with Crippen molar-refractivity contribution >= 4 is 43.2 Å². The van der Waals surface area contributed by atoms with E-state index in [9.17, 15) is 10.1 Å². The number of ether oxygens (including phenoxy) is 1. The molecule has 0 fully saturated rings. The molecule has 0 bridgehead atoms. The van der Waals surface area contributed by atoms with Gasteiger partial charge in [-0.05, 0) is 31.9 Å². The number of rotatable bonds is 4. The lowest BCUT2D eigenvalue weighted by Gasteiger charge is -2.10. The van der Waals surface area contributed by atoms with Gasteiger partial charge in [0.15, 0.2) is 5.75 Å². The Morgan fingerprint density at radius 2 is 1.90 bits per heavy atom. The van der Waals surface area contributed by atoms with Crippen molar-refractivity contribution in [2.45, 2.75) is 0 Å². The first kappa shape index (κ1) is 14.7. The minimum absolute atomic E-state index is 0.0294. The second kappa shape index (κ2) is 6.19. The summed E-state index contributed by atoms with van der Waals surface area (Å²) in [5.41, 5.74) is 0.773. The predicted molar refractivity (Wildman–Crippen MR) is 82.4 cm³/mol. The van der Waals surface area contributed by atoms with Gasteiger partial charge in [0, 0.05) is 25.2 Å². The quantitative estimate of drug-likeness (QED) is 0.607. The molecule has 0 saturated carbocycles. The van der Waals surface area contributed by atoms with Crippen molar-refractivity contribution in [3.63, 3.8) is 0 Å². The standard InChI is InChI=1S/C12H9Br2N3O3/c1-15-7-2-9(6-16-5-7)20-12-10(13)3-8(17(18)19)4-11(12)14/h2-6,15H,1H3. The second-order valence-electron chi connectivity index (χ2n) is 3.76. The number of nitrogens with zero attached hydrogens (tertiary/aromatic N) is 2. The average Bonchev–Trinajstić information content (AvgIpc) is 2.42. The van der Waals surface area contributed by atoms with Gasteiger partial charge in [-0.25, -0.2) is 0 Å². The van der Waals surface area contributed by atoms with Crippen LogP contribution in [0.4, 0.5) is 11.4 Å². The number of nitrogens with one attached hydrogen (secondary N) is 1.